The molecule has 0 spiro atoms. The Hall–Kier alpha value is -1.42. The molecule has 2 rings (SSSR count). The van der Waals surface area contributed by atoms with Crippen molar-refractivity contribution in [2.45, 2.75) is 32.9 Å². The number of rotatable bonds is 4. The minimum Gasteiger partial charge on any atom is -0.352 e. The molecule has 0 aliphatic rings. The van der Waals surface area contributed by atoms with Gasteiger partial charge < -0.3 is 5.32 Å². The first-order chi connectivity index (χ1) is 10.3. The quantitative estimate of drug-likeness (QED) is 0.571. The number of halogens is 1. The number of carbonyl (C=O) groups excluding carboxylic acids is 1. The lowest BCUT2D eigenvalue weighted by molar-refractivity contribution is -0.123. The average Bonchev–Trinajstić information content (AvgIpc) is 2.68. The first-order valence-electron chi connectivity index (χ1n) is 6.64. The second-order valence-electron chi connectivity index (χ2n) is 5.15. The minimum absolute atomic E-state index is 0.0997. The summed E-state index contributed by atoms with van der Waals surface area (Å²) in [6.45, 7) is 9.02. The summed E-state index contributed by atoms with van der Waals surface area (Å²) in [5.41, 5.74) is -0.277. The maximum atomic E-state index is 12.7. The third-order valence-electron chi connectivity index (χ3n) is 3.16. The summed E-state index contributed by atoms with van der Waals surface area (Å²) in [7, 11) is 0. The largest absolute Gasteiger partial charge is 0.352 e. The lowest BCUT2D eigenvalue weighted by atomic mass is 10.2. The van der Waals surface area contributed by atoms with E-state index in [-0.39, 0.29) is 6.04 Å². The third-order valence-corrected chi connectivity index (χ3v) is 5.63. The Kier molecular flexibility index (Phi) is 4.90. The molecule has 0 aliphatic heterocycles. The molecule has 0 aromatic carbocycles. The molecule has 0 unspecified atom stereocenters. The van der Waals surface area contributed by atoms with Crippen LogP contribution < -0.4 is 16.6 Å². The number of aromatic amines is 1. The summed E-state index contributed by atoms with van der Waals surface area (Å²) in [5.74, 6) is -0.431. The Morgan fingerprint density at radius 1 is 1.45 bits per heavy atom. The molecule has 0 radical (unpaired) electrons. The molecule has 0 aliphatic carbocycles. The van der Waals surface area contributed by atoms with Crippen LogP contribution >= 0.6 is 33.9 Å². The van der Waals surface area contributed by atoms with E-state index in [9.17, 15) is 14.4 Å². The normalized spacial score (nSPS) is 12.6. The molecule has 22 heavy (non-hydrogen) atoms. The van der Waals surface area contributed by atoms with Gasteiger partial charge in [-0.05, 0) is 48.9 Å². The van der Waals surface area contributed by atoms with Gasteiger partial charge in [-0.3, -0.25) is 14.6 Å². The molecule has 1 atom stereocenters. The molecule has 0 saturated carbocycles. The first-order valence-corrected chi connectivity index (χ1v) is 8.53. The lowest BCUT2D eigenvalue weighted by Gasteiger charge is -2.16. The van der Waals surface area contributed by atoms with Gasteiger partial charge in [-0.15, -0.1) is 17.9 Å². The number of amides is 1. The van der Waals surface area contributed by atoms with E-state index in [2.05, 4.69) is 39.5 Å². The Labute approximate surface area is 144 Å². The molecule has 0 bridgehead atoms. The van der Waals surface area contributed by atoms with Gasteiger partial charge >= 0.3 is 5.69 Å². The number of nitrogens with zero attached hydrogens (tertiary/aromatic N) is 1. The summed E-state index contributed by atoms with van der Waals surface area (Å²) < 4.78 is 1.85. The van der Waals surface area contributed by atoms with Crippen molar-refractivity contribution >= 4 is 50.1 Å². The molecule has 1 amide bonds. The van der Waals surface area contributed by atoms with Crippen LogP contribution in [0.15, 0.2) is 22.2 Å². The number of hydrogen-bond acceptors (Lipinski definition) is 4. The predicted octanol–water partition coefficient (Wildman–Crippen LogP) is 1.92. The SMILES string of the molecule is C=C[C@H](C(=O)NC(C)C)n1c(=O)[nH]c2sc(I)c(C)c2c1=O. The molecule has 2 aromatic rings. The van der Waals surface area contributed by atoms with Crippen molar-refractivity contribution in [2.75, 3.05) is 0 Å². The second kappa shape index (κ2) is 6.37. The fourth-order valence-corrected chi connectivity index (χ4v) is 4.00. The number of nitrogens with one attached hydrogen (secondary N) is 2. The van der Waals surface area contributed by atoms with Crippen molar-refractivity contribution in [1.82, 2.24) is 14.9 Å². The maximum absolute atomic E-state index is 12.7. The van der Waals surface area contributed by atoms with E-state index in [0.717, 1.165) is 13.0 Å². The number of hydrogen-bond donors (Lipinski definition) is 2. The molecular formula is C14H16IN3O3S. The Morgan fingerprint density at radius 2 is 2.09 bits per heavy atom. The van der Waals surface area contributed by atoms with E-state index in [4.69, 9.17) is 0 Å². The summed E-state index contributed by atoms with van der Waals surface area (Å²) in [6.07, 6.45) is 1.30. The monoisotopic (exact) mass is 433 g/mol. The van der Waals surface area contributed by atoms with E-state index in [1.54, 1.807) is 13.8 Å². The van der Waals surface area contributed by atoms with E-state index in [1.165, 1.54) is 17.4 Å². The zero-order chi connectivity index (χ0) is 16.6. The highest BCUT2D eigenvalue weighted by molar-refractivity contribution is 14.1. The predicted molar refractivity (Wildman–Crippen MR) is 96.7 cm³/mol. The van der Waals surface area contributed by atoms with Crippen molar-refractivity contribution in [3.63, 3.8) is 0 Å². The van der Waals surface area contributed by atoms with Gasteiger partial charge in [0.05, 0.1) is 8.27 Å². The molecule has 118 valence electrons. The van der Waals surface area contributed by atoms with Crippen LogP contribution in [0.5, 0.6) is 0 Å². The van der Waals surface area contributed by atoms with Crippen LogP contribution in [0.3, 0.4) is 0 Å². The zero-order valence-corrected chi connectivity index (χ0v) is 15.4. The fraction of sp³-hybridized carbons (Fsp3) is 0.357. The molecule has 8 heteroatoms. The summed E-state index contributed by atoms with van der Waals surface area (Å²) in [4.78, 5) is 40.4. The van der Waals surface area contributed by atoms with Gasteiger partial charge in [0.25, 0.3) is 5.56 Å². The summed E-state index contributed by atoms with van der Waals surface area (Å²) in [6, 6.07) is -1.14. The van der Waals surface area contributed by atoms with Gasteiger partial charge in [-0.1, -0.05) is 6.08 Å². The van der Waals surface area contributed by atoms with Crippen LogP contribution in [0, 0.1) is 9.81 Å². The number of carbonyl (C=O) groups is 1. The summed E-state index contributed by atoms with van der Waals surface area (Å²) in [5, 5.41) is 3.14. The van der Waals surface area contributed by atoms with Gasteiger partial charge in [0.1, 0.15) is 10.9 Å². The van der Waals surface area contributed by atoms with E-state index in [0.29, 0.717) is 10.2 Å². The van der Waals surface area contributed by atoms with E-state index < -0.39 is 23.2 Å². The van der Waals surface area contributed by atoms with Gasteiger partial charge in [-0.25, -0.2) is 9.36 Å². The van der Waals surface area contributed by atoms with Crippen LogP contribution in [-0.2, 0) is 4.79 Å². The van der Waals surface area contributed by atoms with Crippen molar-refractivity contribution in [3.8, 4) is 0 Å². The highest BCUT2D eigenvalue weighted by atomic mass is 127. The third kappa shape index (κ3) is 2.89. The van der Waals surface area contributed by atoms with Gasteiger partial charge in [-0.2, -0.15) is 0 Å². The molecular weight excluding hydrogens is 417 g/mol. The Morgan fingerprint density at radius 3 is 2.64 bits per heavy atom. The standard InChI is InChI=1S/C14H16IN3O3S/c1-5-8(11(19)16-6(2)3)18-13(20)9-7(4)10(15)22-12(9)17-14(18)21/h5-6,8H,1H2,2-4H3,(H,16,19)(H,17,21)/t8-/m1/s1. The van der Waals surface area contributed by atoms with Crippen LogP contribution in [0.2, 0.25) is 0 Å². The summed E-state index contributed by atoms with van der Waals surface area (Å²) >= 11 is 3.47. The first kappa shape index (κ1) is 16.9. The fourth-order valence-electron chi connectivity index (χ4n) is 2.15. The Bertz CT molecular complexity index is 863. The second-order valence-corrected chi connectivity index (χ2v) is 7.99. The van der Waals surface area contributed by atoms with Gasteiger partial charge in [0, 0.05) is 6.04 Å². The number of thiophene rings is 1. The van der Waals surface area contributed by atoms with Crippen molar-refractivity contribution in [3.05, 3.63) is 41.9 Å². The average molecular weight is 433 g/mol. The lowest BCUT2D eigenvalue weighted by Crippen LogP contribution is -2.45. The van der Waals surface area contributed by atoms with Crippen molar-refractivity contribution in [1.29, 1.82) is 0 Å². The maximum Gasteiger partial charge on any atom is 0.330 e. The molecule has 2 N–H and O–H groups in total. The molecule has 2 heterocycles. The number of H-pyrrole nitrogens is 1. The molecule has 0 fully saturated rings. The topological polar surface area (TPSA) is 84.0 Å². The number of fused-ring (bicyclic) bond motifs is 1. The van der Waals surface area contributed by atoms with Crippen LogP contribution in [0.1, 0.15) is 25.5 Å². The Balaban J connectivity index is 2.71. The number of aryl methyl sites for hydroxylation is 1. The van der Waals surface area contributed by atoms with Crippen LogP contribution in [0.4, 0.5) is 0 Å². The van der Waals surface area contributed by atoms with Gasteiger partial charge in [0.2, 0.25) is 5.91 Å². The van der Waals surface area contributed by atoms with Crippen molar-refractivity contribution < 1.29 is 4.79 Å². The van der Waals surface area contributed by atoms with E-state index >= 15 is 0 Å². The highest BCUT2D eigenvalue weighted by Gasteiger charge is 2.24. The van der Waals surface area contributed by atoms with Crippen molar-refractivity contribution in [2.24, 2.45) is 0 Å². The van der Waals surface area contributed by atoms with Crippen LogP contribution in [-0.4, -0.2) is 21.5 Å². The smallest absolute Gasteiger partial charge is 0.330 e. The van der Waals surface area contributed by atoms with Crippen LogP contribution in [0.25, 0.3) is 10.2 Å². The zero-order valence-electron chi connectivity index (χ0n) is 12.4. The van der Waals surface area contributed by atoms with Gasteiger partial charge in [0.15, 0.2) is 0 Å². The molecule has 6 nitrogen and oxygen atoms in total. The highest BCUT2D eigenvalue weighted by Crippen LogP contribution is 2.27. The molecule has 0 saturated heterocycles. The number of aromatic nitrogens is 2. The minimum atomic E-state index is -1.04. The van der Waals surface area contributed by atoms with E-state index in [1.807, 2.05) is 6.92 Å². The molecule has 2 aromatic heterocycles.